The second-order valence-electron chi connectivity index (χ2n) is 4.42. The van der Waals surface area contributed by atoms with Crippen LogP contribution in [0.2, 0.25) is 0 Å². The third-order valence-electron chi connectivity index (χ3n) is 3.33. The molecule has 0 atom stereocenters. The maximum absolute atomic E-state index is 12.4. The van der Waals surface area contributed by atoms with Crippen molar-refractivity contribution in [3.8, 4) is 11.5 Å². The van der Waals surface area contributed by atoms with E-state index in [1.165, 1.54) is 32.4 Å². The van der Waals surface area contributed by atoms with Crippen molar-refractivity contribution in [1.82, 2.24) is 0 Å². The minimum Gasteiger partial charge on any atom is -0.493 e. The summed E-state index contributed by atoms with van der Waals surface area (Å²) in [4.78, 5) is 35.6. The summed E-state index contributed by atoms with van der Waals surface area (Å²) in [5.41, 5.74) is 0.446. The van der Waals surface area contributed by atoms with Gasteiger partial charge in [-0.25, -0.2) is 0 Å². The van der Waals surface area contributed by atoms with Crippen LogP contribution in [0.25, 0.3) is 0 Å². The lowest BCUT2D eigenvalue weighted by atomic mass is 9.88. The molecule has 6 nitrogen and oxygen atoms in total. The largest absolute Gasteiger partial charge is 0.493 e. The third kappa shape index (κ3) is 1.76. The highest BCUT2D eigenvalue weighted by Gasteiger charge is 2.35. The van der Waals surface area contributed by atoms with E-state index in [2.05, 4.69) is 0 Å². The molecule has 0 saturated heterocycles. The van der Waals surface area contributed by atoms with Gasteiger partial charge < -0.3 is 13.9 Å². The second-order valence-corrected chi connectivity index (χ2v) is 4.42. The normalized spacial score (nSPS) is 12.7. The van der Waals surface area contributed by atoms with Crippen molar-refractivity contribution in [2.24, 2.45) is 0 Å². The Morgan fingerprint density at radius 1 is 0.905 bits per heavy atom. The average molecular weight is 286 g/mol. The number of furan rings is 1. The molecule has 0 fully saturated rings. The number of aldehydes is 1. The number of ether oxygens (including phenoxy) is 2. The number of ketones is 2. The predicted octanol–water partition coefficient (Wildman–Crippen LogP) is 1.88. The van der Waals surface area contributed by atoms with Crippen LogP contribution in [0.5, 0.6) is 11.5 Å². The lowest BCUT2D eigenvalue weighted by molar-refractivity contribution is 0.0956. The smallest absolute Gasteiger partial charge is 0.229 e. The molecule has 21 heavy (non-hydrogen) atoms. The van der Waals surface area contributed by atoms with Gasteiger partial charge in [-0.15, -0.1) is 0 Å². The molecule has 1 aliphatic carbocycles. The Hall–Kier alpha value is -2.89. The van der Waals surface area contributed by atoms with Crippen LogP contribution in [-0.4, -0.2) is 32.1 Å². The lowest BCUT2D eigenvalue weighted by Gasteiger charge is -2.16. The van der Waals surface area contributed by atoms with Crippen LogP contribution in [0, 0.1) is 0 Å². The lowest BCUT2D eigenvalue weighted by Crippen LogP contribution is -2.19. The molecule has 0 spiro atoms. The number of carbonyl (C=O) groups excluding carboxylic acids is 3. The first-order chi connectivity index (χ1) is 10.1. The van der Waals surface area contributed by atoms with Crippen molar-refractivity contribution in [1.29, 1.82) is 0 Å². The quantitative estimate of drug-likeness (QED) is 0.684. The third-order valence-corrected chi connectivity index (χ3v) is 3.33. The highest BCUT2D eigenvalue weighted by atomic mass is 16.5. The van der Waals surface area contributed by atoms with Gasteiger partial charge in [-0.3, -0.25) is 14.4 Å². The molecular formula is C15H10O6. The van der Waals surface area contributed by atoms with Crippen molar-refractivity contribution in [2.75, 3.05) is 14.2 Å². The molecule has 1 aromatic heterocycles. The summed E-state index contributed by atoms with van der Waals surface area (Å²) in [5, 5.41) is 0. The maximum Gasteiger partial charge on any atom is 0.229 e. The van der Waals surface area contributed by atoms with Crippen molar-refractivity contribution >= 4 is 17.9 Å². The summed E-state index contributed by atoms with van der Waals surface area (Å²) in [6.45, 7) is 0. The van der Waals surface area contributed by atoms with E-state index >= 15 is 0 Å². The van der Waals surface area contributed by atoms with Crippen LogP contribution < -0.4 is 9.47 Å². The molecule has 0 radical (unpaired) electrons. The van der Waals surface area contributed by atoms with E-state index in [1.54, 1.807) is 0 Å². The first kappa shape index (κ1) is 13.1. The predicted molar refractivity (Wildman–Crippen MR) is 70.5 cm³/mol. The Balaban J connectivity index is 2.25. The van der Waals surface area contributed by atoms with Crippen molar-refractivity contribution < 1.29 is 28.3 Å². The second kappa shape index (κ2) is 4.59. The average Bonchev–Trinajstić information content (AvgIpc) is 2.96. The molecule has 0 aliphatic heterocycles. The Kier molecular flexibility index (Phi) is 2.86. The van der Waals surface area contributed by atoms with E-state index in [4.69, 9.17) is 13.9 Å². The fourth-order valence-corrected chi connectivity index (χ4v) is 2.33. The van der Waals surface area contributed by atoms with Crippen LogP contribution >= 0.6 is 0 Å². The van der Waals surface area contributed by atoms with Gasteiger partial charge in [0.1, 0.15) is 0 Å². The van der Waals surface area contributed by atoms with Gasteiger partial charge in [0.15, 0.2) is 35.1 Å². The molecule has 6 heteroatoms. The molecule has 1 heterocycles. The molecule has 0 bridgehead atoms. The van der Waals surface area contributed by atoms with Gasteiger partial charge in [-0.2, -0.15) is 0 Å². The fourth-order valence-electron chi connectivity index (χ4n) is 2.33. The van der Waals surface area contributed by atoms with Gasteiger partial charge in [0.2, 0.25) is 5.78 Å². The Morgan fingerprint density at radius 3 is 2.00 bits per heavy atom. The molecule has 3 rings (SSSR count). The molecule has 1 aliphatic rings. The van der Waals surface area contributed by atoms with Crippen molar-refractivity contribution in [3.63, 3.8) is 0 Å². The van der Waals surface area contributed by atoms with Crippen LogP contribution in [0.1, 0.15) is 42.6 Å². The van der Waals surface area contributed by atoms with Gasteiger partial charge in [-0.05, 0) is 18.2 Å². The van der Waals surface area contributed by atoms with Gasteiger partial charge in [0, 0.05) is 11.1 Å². The SMILES string of the molecule is COc1cc2c(cc1OC)C(=O)c1oc(C=O)cc1C2=O. The Labute approximate surface area is 119 Å². The molecule has 0 unspecified atom stereocenters. The molecule has 2 aromatic rings. The zero-order valence-electron chi connectivity index (χ0n) is 11.3. The summed E-state index contributed by atoms with van der Waals surface area (Å²) in [6.07, 6.45) is 0.449. The number of methoxy groups -OCH3 is 2. The molecule has 0 saturated carbocycles. The van der Waals surface area contributed by atoms with E-state index in [-0.39, 0.29) is 28.2 Å². The van der Waals surface area contributed by atoms with Crippen molar-refractivity contribution in [3.05, 3.63) is 46.4 Å². The standard InChI is InChI=1S/C15H10O6/c1-19-11-4-8-9(5-12(11)20-2)14(18)15-10(13(8)17)3-7(6-16)21-15/h3-6H,1-2H3. The topological polar surface area (TPSA) is 82.8 Å². The highest BCUT2D eigenvalue weighted by molar-refractivity contribution is 6.28. The van der Waals surface area contributed by atoms with Crippen molar-refractivity contribution in [2.45, 2.75) is 0 Å². The maximum atomic E-state index is 12.4. The molecule has 1 aromatic carbocycles. The van der Waals surface area contributed by atoms with Crippen LogP contribution in [-0.2, 0) is 0 Å². The summed E-state index contributed by atoms with van der Waals surface area (Å²) in [6, 6.07) is 4.15. The molecule has 0 N–H and O–H groups in total. The van der Waals surface area contributed by atoms with E-state index in [0.29, 0.717) is 17.8 Å². The van der Waals surface area contributed by atoms with Gasteiger partial charge in [0.05, 0.1) is 19.8 Å². The van der Waals surface area contributed by atoms with Crippen LogP contribution in [0.4, 0.5) is 0 Å². The van der Waals surface area contributed by atoms with Gasteiger partial charge >= 0.3 is 0 Å². The van der Waals surface area contributed by atoms with E-state index in [1.807, 2.05) is 0 Å². The monoisotopic (exact) mass is 286 g/mol. The van der Waals surface area contributed by atoms with Crippen LogP contribution in [0.15, 0.2) is 22.6 Å². The molecule has 106 valence electrons. The zero-order valence-corrected chi connectivity index (χ0v) is 11.3. The summed E-state index contributed by atoms with van der Waals surface area (Å²) < 4.78 is 15.4. The van der Waals surface area contributed by atoms with Crippen LogP contribution in [0.3, 0.4) is 0 Å². The molecular weight excluding hydrogens is 276 g/mol. The van der Waals surface area contributed by atoms with Gasteiger partial charge in [-0.1, -0.05) is 0 Å². The minimum atomic E-state index is -0.464. The van der Waals surface area contributed by atoms with E-state index in [0.717, 1.165) is 0 Å². The zero-order chi connectivity index (χ0) is 15.1. The fraction of sp³-hybridized carbons (Fsp3) is 0.133. The summed E-state index contributed by atoms with van der Waals surface area (Å²) in [5.74, 6) is -0.357. The number of benzene rings is 1. The Morgan fingerprint density at radius 2 is 1.48 bits per heavy atom. The number of hydrogen-bond acceptors (Lipinski definition) is 6. The first-order valence-electron chi connectivity index (χ1n) is 6.05. The molecule has 0 amide bonds. The highest BCUT2D eigenvalue weighted by Crippen LogP contribution is 2.36. The summed E-state index contributed by atoms with van der Waals surface area (Å²) in [7, 11) is 2.87. The number of rotatable bonds is 3. The van der Waals surface area contributed by atoms with Gasteiger partial charge in [0.25, 0.3) is 0 Å². The van der Waals surface area contributed by atoms with E-state index in [9.17, 15) is 14.4 Å². The summed E-state index contributed by atoms with van der Waals surface area (Å²) >= 11 is 0. The number of fused-ring (bicyclic) bond motifs is 2. The Bertz CT molecular complexity index is 723. The first-order valence-corrected chi connectivity index (χ1v) is 6.05. The minimum absolute atomic E-state index is 0.0616. The van der Waals surface area contributed by atoms with E-state index < -0.39 is 11.6 Å². The number of carbonyl (C=O) groups is 3. The number of hydrogen-bond donors (Lipinski definition) is 0.